The van der Waals surface area contributed by atoms with Crippen LogP contribution in [0.3, 0.4) is 0 Å². The predicted molar refractivity (Wildman–Crippen MR) is 127 cm³/mol. The van der Waals surface area contributed by atoms with Crippen molar-refractivity contribution >= 4 is 5.96 Å². The van der Waals surface area contributed by atoms with Gasteiger partial charge in [0.1, 0.15) is 11.9 Å². The largest absolute Gasteiger partial charge is 0.488 e. The van der Waals surface area contributed by atoms with Gasteiger partial charge >= 0.3 is 0 Å². The smallest absolute Gasteiger partial charge is 0.191 e. The quantitative estimate of drug-likeness (QED) is 0.477. The van der Waals surface area contributed by atoms with Crippen molar-refractivity contribution in [3.8, 4) is 5.75 Å². The third kappa shape index (κ3) is 7.56. The summed E-state index contributed by atoms with van der Waals surface area (Å²) in [6.45, 7) is 8.64. The molecule has 3 rings (SSSR count). The molecule has 0 radical (unpaired) electrons. The number of benzene rings is 2. The summed E-state index contributed by atoms with van der Waals surface area (Å²) in [5, 5.41) is 6.79. The van der Waals surface area contributed by atoms with E-state index in [1.54, 1.807) is 0 Å². The summed E-state index contributed by atoms with van der Waals surface area (Å²) in [6.07, 6.45) is 1.08. The molecule has 2 N–H and O–H groups in total. The molecule has 6 heteroatoms. The lowest BCUT2D eigenvalue weighted by Crippen LogP contribution is -2.37. The number of hydrogen-bond donors (Lipinski definition) is 2. The van der Waals surface area contributed by atoms with Crippen LogP contribution in [0.25, 0.3) is 0 Å². The van der Waals surface area contributed by atoms with Crippen LogP contribution in [-0.4, -0.2) is 50.8 Å². The second-order valence-electron chi connectivity index (χ2n) is 8.32. The minimum atomic E-state index is 0.137. The molecule has 1 fully saturated rings. The summed E-state index contributed by atoms with van der Waals surface area (Å²) in [5.74, 6) is 1.73. The van der Waals surface area contributed by atoms with Crippen LogP contribution in [0.2, 0.25) is 0 Å². The Kier molecular flexibility index (Phi) is 8.74. The fourth-order valence-corrected chi connectivity index (χ4v) is 3.51. The van der Waals surface area contributed by atoms with Crippen molar-refractivity contribution in [3.05, 3.63) is 64.7 Å². The molecule has 0 aliphatic carbocycles. The third-order valence-electron chi connectivity index (χ3n) is 5.14. The van der Waals surface area contributed by atoms with Gasteiger partial charge in [-0.25, -0.2) is 4.99 Å². The number of aryl methyl sites for hydroxylation is 1. The highest BCUT2D eigenvalue weighted by Crippen LogP contribution is 2.23. The normalized spacial score (nSPS) is 16.5. The summed E-state index contributed by atoms with van der Waals surface area (Å²) < 4.78 is 11.7. The molecule has 2 aromatic rings. The minimum Gasteiger partial charge on any atom is -0.488 e. The Morgan fingerprint density at radius 2 is 1.90 bits per heavy atom. The van der Waals surface area contributed by atoms with Gasteiger partial charge in [0.05, 0.1) is 19.8 Å². The van der Waals surface area contributed by atoms with Crippen molar-refractivity contribution in [1.82, 2.24) is 15.5 Å². The number of ether oxygens (including phenoxy) is 2. The number of nitrogens with zero attached hydrogens (tertiary/aromatic N) is 2. The fraction of sp³-hybridized carbons (Fsp3) is 0.480. The number of guanidine groups is 1. The second kappa shape index (κ2) is 11.7. The molecule has 1 aliphatic heterocycles. The molecule has 1 saturated heterocycles. The number of aliphatic imine (C=N–C) groups is 1. The van der Waals surface area contributed by atoms with Gasteiger partial charge in [-0.15, -0.1) is 0 Å². The SMILES string of the molecule is CCNC(=NCc1ccc(CN(C)C)cc1)NCc1ccc(C)cc1OC1CCOC1. The lowest BCUT2D eigenvalue weighted by Gasteiger charge is -2.18. The molecule has 168 valence electrons. The van der Waals surface area contributed by atoms with E-state index in [2.05, 4.69) is 85.9 Å². The standard InChI is InChI=1S/C25H36N4O2/c1-5-26-25(27-15-20-7-9-21(10-8-20)17-29(3)4)28-16-22-11-6-19(2)14-24(22)31-23-12-13-30-18-23/h6-11,14,23H,5,12-13,15-18H2,1-4H3,(H2,26,27,28). The molecule has 0 amide bonds. The fourth-order valence-electron chi connectivity index (χ4n) is 3.51. The Labute approximate surface area is 186 Å². The van der Waals surface area contributed by atoms with Gasteiger partial charge in [0.25, 0.3) is 0 Å². The van der Waals surface area contributed by atoms with Crippen LogP contribution in [0.5, 0.6) is 5.75 Å². The zero-order valence-electron chi connectivity index (χ0n) is 19.3. The first-order valence-corrected chi connectivity index (χ1v) is 11.1. The average Bonchev–Trinajstić information content (AvgIpc) is 3.25. The maximum atomic E-state index is 6.22. The van der Waals surface area contributed by atoms with Gasteiger partial charge in [-0.3, -0.25) is 0 Å². The van der Waals surface area contributed by atoms with Gasteiger partial charge in [0.15, 0.2) is 5.96 Å². The minimum absolute atomic E-state index is 0.137. The molecule has 0 spiro atoms. The Morgan fingerprint density at radius 1 is 1.13 bits per heavy atom. The van der Waals surface area contributed by atoms with Crippen LogP contribution >= 0.6 is 0 Å². The van der Waals surface area contributed by atoms with Crippen molar-refractivity contribution in [2.75, 3.05) is 33.9 Å². The highest BCUT2D eigenvalue weighted by molar-refractivity contribution is 5.79. The molecular formula is C25H36N4O2. The van der Waals surface area contributed by atoms with Gasteiger partial charge in [-0.2, -0.15) is 0 Å². The molecule has 0 saturated carbocycles. The highest BCUT2D eigenvalue weighted by Gasteiger charge is 2.18. The molecule has 1 heterocycles. The van der Waals surface area contributed by atoms with Gasteiger partial charge in [-0.1, -0.05) is 36.4 Å². The van der Waals surface area contributed by atoms with E-state index in [-0.39, 0.29) is 6.10 Å². The molecule has 6 nitrogen and oxygen atoms in total. The second-order valence-corrected chi connectivity index (χ2v) is 8.32. The van der Waals surface area contributed by atoms with Gasteiger partial charge in [0.2, 0.25) is 0 Å². The van der Waals surface area contributed by atoms with Gasteiger partial charge < -0.3 is 25.0 Å². The molecule has 1 aliphatic rings. The van der Waals surface area contributed by atoms with Crippen molar-refractivity contribution in [2.45, 2.75) is 46.0 Å². The summed E-state index contributed by atoms with van der Waals surface area (Å²) in [4.78, 5) is 6.93. The van der Waals surface area contributed by atoms with E-state index < -0.39 is 0 Å². The topological polar surface area (TPSA) is 58.1 Å². The van der Waals surface area contributed by atoms with Crippen LogP contribution in [-0.2, 0) is 24.4 Å². The van der Waals surface area contributed by atoms with Crippen LogP contribution in [0, 0.1) is 6.92 Å². The van der Waals surface area contributed by atoms with Crippen LogP contribution in [0.4, 0.5) is 0 Å². The predicted octanol–water partition coefficient (Wildman–Crippen LogP) is 3.48. The first-order chi connectivity index (χ1) is 15.0. The van der Waals surface area contributed by atoms with E-state index >= 15 is 0 Å². The van der Waals surface area contributed by atoms with Crippen LogP contribution < -0.4 is 15.4 Å². The maximum Gasteiger partial charge on any atom is 0.191 e. The van der Waals surface area contributed by atoms with Gasteiger partial charge in [-0.05, 0) is 50.7 Å². The summed E-state index contributed by atoms with van der Waals surface area (Å²) in [6, 6.07) is 15.0. The zero-order valence-corrected chi connectivity index (χ0v) is 19.3. The lowest BCUT2D eigenvalue weighted by atomic mass is 10.1. The lowest BCUT2D eigenvalue weighted by molar-refractivity contribution is 0.140. The van der Waals surface area contributed by atoms with E-state index in [1.807, 2.05) is 0 Å². The van der Waals surface area contributed by atoms with E-state index in [4.69, 9.17) is 14.5 Å². The monoisotopic (exact) mass is 424 g/mol. The molecule has 1 atom stereocenters. The molecular weight excluding hydrogens is 388 g/mol. The maximum absolute atomic E-state index is 6.22. The average molecular weight is 425 g/mol. The summed E-state index contributed by atoms with van der Waals surface area (Å²) in [5.41, 5.74) is 4.81. The number of hydrogen-bond acceptors (Lipinski definition) is 4. The first kappa shape index (κ1) is 23.1. The van der Waals surface area contributed by atoms with Crippen molar-refractivity contribution in [1.29, 1.82) is 0 Å². The van der Waals surface area contributed by atoms with Crippen LogP contribution in [0.1, 0.15) is 35.6 Å². The highest BCUT2D eigenvalue weighted by atomic mass is 16.5. The molecule has 0 bridgehead atoms. The van der Waals surface area contributed by atoms with E-state index in [9.17, 15) is 0 Å². The van der Waals surface area contributed by atoms with Crippen molar-refractivity contribution in [2.24, 2.45) is 4.99 Å². The third-order valence-corrected chi connectivity index (χ3v) is 5.14. The van der Waals surface area contributed by atoms with Crippen LogP contribution in [0.15, 0.2) is 47.5 Å². The molecule has 2 aromatic carbocycles. The zero-order chi connectivity index (χ0) is 22.1. The molecule has 1 unspecified atom stereocenters. The van der Waals surface area contributed by atoms with Crippen molar-refractivity contribution in [3.63, 3.8) is 0 Å². The van der Waals surface area contributed by atoms with Gasteiger partial charge in [0, 0.05) is 31.6 Å². The Hall–Kier alpha value is -2.57. The Balaban J connectivity index is 1.62. The van der Waals surface area contributed by atoms with Crippen molar-refractivity contribution < 1.29 is 9.47 Å². The summed E-state index contributed by atoms with van der Waals surface area (Å²) >= 11 is 0. The number of nitrogens with one attached hydrogen (secondary N) is 2. The summed E-state index contributed by atoms with van der Waals surface area (Å²) in [7, 11) is 4.16. The molecule has 31 heavy (non-hydrogen) atoms. The number of rotatable bonds is 9. The van der Waals surface area contributed by atoms with E-state index in [0.717, 1.165) is 43.4 Å². The molecule has 0 aromatic heterocycles. The first-order valence-electron chi connectivity index (χ1n) is 11.1. The van der Waals surface area contributed by atoms with E-state index in [1.165, 1.54) is 16.7 Å². The van der Waals surface area contributed by atoms with E-state index in [0.29, 0.717) is 19.7 Å². The Bertz CT molecular complexity index is 843. The Morgan fingerprint density at radius 3 is 2.58 bits per heavy atom.